The minimum atomic E-state index is -3.90. The summed E-state index contributed by atoms with van der Waals surface area (Å²) in [6.07, 6.45) is 0. The van der Waals surface area contributed by atoms with Crippen molar-refractivity contribution in [2.24, 2.45) is 0 Å². The Morgan fingerprint density at radius 3 is 2.25 bits per heavy atom. The van der Waals surface area contributed by atoms with Gasteiger partial charge in [-0.3, -0.25) is 14.3 Å². The Morgan fingerprint density at radius 2 is 1.62 bits per heavy atom. The third-order valence-corrected chi connectivity index (χ3v) is 6.04. The summed E-state index contributed by atoms with van der Waals surface area (Å²) in [5.41, 5.74) is 1.84. The SMILES string of the molecule is Cc1ccc(NC(=O)CNC(=O)c2ccc(NS(=O)(=O)c3ccc(F)cc3)cc2)c(Cl)c1. The van der Waals surface area contributed by atoms with Crippen molar-refractivity contribution in [3.63, 3.8) is 0 Å². The highest BCUT2D eigenvalue weighted by Gasteiger charge is 2.15. The van der Waals surface area contributed by atoms with E-state index in [0.717, 1.165) is 29.8 Å². The highest BCUT2D eigenvalue weighted by molar-refractivity contribution is 7.92. The number of rotatable bonds is 7. The summed E-state index contributed by atoms with van der Waals surface area (Å²) in [7, 11) is -3.90. The fraction of sp³-hybridized carbons (Fsp3) is 0.0909. The topological polar surface area (TPSA) is 104 Å². The van der Waals surface area contributed by atoms with E-state index >= 15 is 0 Å². The fourth-order valence-corrected chi connectivity index (χ4v) is 4.04. The summed E-state index contributed by atoms with van der Waals surface area (Å²) in [5.74, 6) is -1.51. The van der Waals surface area contributed by atoms with E-state index in [9.17, 15) is 22.4 Å². The Hall–Kier alpha value is -3.43. The highest BCUT2D eigenvalue weighted by atomic mass is 35.5. The molecule has 0 saturated carbocycles. The zero-order valence-electron chi connectivity index (χ0n) is 16.9. The minimum absolute atomic E-state index is 0.0968. The molecule has 0 aliphatic heterocycles. The van der Waals surface area contributed by atoms with E-state index in [4.69, 9.17) is 11.6 Å². The van der Waals surface area contributed by atoms with Crippen LogP contribution in [0.4, 0.5) is 15.8 Å². The van der Waals surface area contributed by atoms with Crippen LogP contribution in [0.25, 0.3) is 0 Å². The number of hydrogen-bond acceptors (Lipinski definition) is 4. The number of nitrogens with one attached hydrogen (secondary N) is 3. The van der Waals surface area contributed by atoms with Gasteiger partial charge >= 0.3 is 0 Å². The minimum Gasteiger partial charge on any atom is -0.343 e. The molecule has 0 atom stereocenters. The van der Waals surface area contributed by atoms with Crippen LogP contribution in [0.15, 0.2) is 71.6 Å². The van der Waals surface area contributed by atoms with Crippen LogP contribution in [-0.4, -0.2) is 26.8 Å². The van der Waals surface area contributed by atoms with E-state index in [1.54, 1.807) is 18.2 Å². The zero-order valence-corrected chi connectivity index (χ0v) is 18.4. The lowest BCUT2D eigenvalue weighted by atomic mass is 10.2. The van der Waals surface area contributed by atoms with E-state index in [1.807, 2.05) is 6.92 Å². The number of halogens is 2. The Morgan fingerprint density at radius 1 is 0.969 bits per heavy atom. The van der Waals surface area contributed by atoms with Crippen molar-refractivity contribution in [1.29, 1.82) is 0 Å². The van der Waals surface area contributed by atoms with Gasteiger partial charge in [-0.1, -0.05) is 17.7 Å². The molecular formula is C22H19ClFN3O4S. The van der Waals surface area contributed by atoms with Gasteiger partial charge in [0, 0.05) is 11.3 Å². The molecule has 166 valence electrons. The summed E-state index contributed by atoms with van der Waals surface area (Å²) >= 11 is 6.07. The van der Waals surface area contributed by atoms with Gasteiger partial charge in [0.1, 0.15) is 5.82 Å². The van der Waals surface area contributed by atoms with Crippen LogP contribution in [0.1, 0.15) is 15.9 Å². The summed E-state index contributed by atoms with van der Waals surface area (Å²) in [5, 5.41) is 5.48. The highest BCUT2D eigenvalue weighted by Crippen LogP contribution is 2.22. The lowest BCUT2D eigenvalue weighted by molar-refractivity contribution is -0.115. The van der Waals surface area contributed by atoms with Crippen molar-refractivity contribution in [3.8, 4) is 0 Å². The zero-order chi connectivity index (χ0) is 23.3. The van der Waals surface area contributed by atoms with E-state index in [0.29, 0.717) is 10.7 Å². The monoisotopic (exact) mass is 475 g/mol. The molecule has 7 nitrogen and oxygen atoms in total. The quantitative estimate of drug-likeness (QED) is 0.481. The maximum Gasteiger partial charge on any atom is 0.261 e. The molecule has 0 spiro atoms. The van der Waals surface area contributed by atoms with Crippen LogP contribution >= 0.6 is 11.6 Å². The van der Waals surface area contributed by atoms with Crippen molar-refractivity contribution >= 4 is 44.8 Å². The maximum atomic E-state index is 13.0. The van der Waals surface area contributed by atoms with Crippen LogP contribution < -0.4 is 15.4 Å². The largest absolute Gasteiger partial charge is 0.343 e. The number of benzene rings is 3. The molecule has 3 N–H and O–H groups in total. The van der Waals surface area contributed by atoms with Crippen molar-refractivity contribution in [3.05, 3.63) is 88.7 Å². The van der Waals surface area contributed by atoms with Gasteiger partial charge in [-0.25, -0.2) is 12.8 Å². The van der Waals surface area contributed by atoms with Gasteiger partial charge in [-0.15, -0.1) is 0 Å². The molecular weight excluding hydrogens is 457 g/mol. The predicted octanol–water partition coefficient (Wildman–Crippen LogP) is 3.96. The normalized spacial score (nSPS) is 11.0. The van der Waals surface area contributed by atoms with Gasteiger partial charge in [0.05, 0.1) is 22.2 Å². The Balaban J connectivity index is 1.56. The first-order valence-corrected chi connectivity index (χ1v) is 11.2. The molecule has 10 heteroatoms. The molecule has 3 aromatic rings. The molecule has 0 radical (unpaired) electrons. The van der Waals surface area contributed by atoms with E-state index < -0.39 is 27.7 Å². The number of carbonyl (C=O) groups excluding carboxylic acids is 2. The van der Waals surface area contributed by atoms with Crippen molar-refractivity contribution < 1.29 is 22.4 Å². The average Bonchev–Trinajstić information content (AvgIpc) is 2.74. The van der Waals surface area contributed by atoms with Crippen molar-refractivity contribution in [2.45, 2.75) is 11.8 Å². The predicted molar refractivity (Wildman–Crippen MR) is 121 cm³/mol. The van der Waals surface area contributed by atoms with E-state index in [-0.39, 0.29) is 22.7 Å². The molecule has 3 aromatic carbocycles. The van der Waals surface area contributed by atoms with Crippen LogP contribution in [0.2, 0.25) is 5.02 Å². The molecule has 32 heavy (non-hydrogen) atoms. The van der Waals surface area contributed by atoms with Gasteiger partial charge in [-0.2, -0.15) is 0 Å². The van der Waals surface area contributed by atoms with Crippen LogP contribution in [0.3, 0.4) is 0 Å². The molecule has 0 unspecified atom stereocenters. The third kappa shape index (κ3) is 6.05. The van der Waals surface area contributed by atoms with E-state index in [1.165, 1.54) is 24.3 Å². The van der Waals surface area contributed by atoms with Crippen molar-refractivity contribution in [1.82, 2.24) is 5.32 Å². The Labute approximate surface area is 189 Å². The smallest absolute Gasteiger partial charge is 0.261 e. The van der Waals surface area contributed by atoms with Gasteiger partial charge in [0.2, 0.25) is 5.91 Å². The number of carbonyl (C=O) groups is 2. The van der Waals surface area contributed by atoms with Gasteiger partial charge < -0.3 is 10.6 Å². The molecule has 0 bridgehead atoms. The molecule has 3 rings (SSSR count). The second-order valence-corrected chi connectivity index (χ2v) is 8.94. The summed E-state index contributed by atoms with van der Waals surface area (Å²) < 4.78 is 40.0. The molecule has 0 aliphatic rings. The first kappa shape index (κ1) is 23.2. The lowest BCUT2D eigenvalue weighted by Gasteiger charge is -2.10. The Bertz CT molecular complexity index is 1250. The number of aryl methyl sites for hydroxylation is 1. The molecule has 0 fully saturated rings. The van der Waals surface area contributed by atoms with Crippen molar-refractivity contribution in [2.75, 3.05) is 16.6 Å². The maximum absolute atomic E-state index is 13.0. The number of amides is 2. The number of hydrogen-bond donors (Lipinski definition) is 3. The third-order valence-electron chi connectivity index (χ3n) is 4.33. The van der Waals surface area contributed by atoms with Gasteiger partial charge in [0.15, 0.2) is 0 Å². The first-order valence-electron chi connectivity index (χ1n) is 9.37. The summed E-state index contributed by atoms with van der Waals surface area (Å²) in [6, 6.07) is 15.2. The first-order chi connectivity index (χ1) is 15.1. The molecule has 0 heterocycles. The number of sulfonamides is 1. The Kier molecular flexibility index (Phi) is 7.12. The van der Waals surface area contributed by atoms with E-state index in [2.05, 4.69) is 15.4 Å². The van der Waals surface area contributed by atoms with Gasteiger partial charge in [-0.05, 0) is 73.2 Å². The average molecular weight is 476 g/mol. The molecule has 2 amide bonds. The van der Waals surface area contributed by atoms with Crippen LogP contribution in [0, 0.1) is 12.7 Å². The number of anilines is 2. The van der Waals surface area contributed by atoms with Crippen LogP contribution in [-0.2, 0) is 14.8 Å². The van der Waals surface area contributed by atoms with Gasteiger partial charge in [0.25, 0.3) is 15.9 Å². The fourth-order valence-electron chi connectivity index (χ4n) is 2.70. The summed E-state index contributed by atoms with van der Waals surface area (Å²) in [4.78, 5) is 24.2. The molecule has 0 aromatic heterocycles. The standard InChI is InChI=1S/C22H19ClFN3O4S/c1-14-2-11-20(19(23)12-14)26-21(28)13-25-22(29)15-3-7-17(8-4-15)27-32(30,31)18-9-5-16(24)6-10-18/h2-12,27H,13H2,1H3,(H,25,29)(H,26,28). The second-order valence-electron chi connectivity index (χ2n) is 6.85. The molecule has 0 aliphatic carbocycles. The second kappa shape index (κ2) is 9.80. The van der Waals surface area contributed by atoms with Crippen LogP contribution in [0.5, 0.6) is 0 Å². The lowest BCUT2D eigenvalue weighted by Crippen LogP contribution is -2.32. The molecule has 0 saturated heterocycles. The summed E-state index contributed by atoms with van der Waals surface area (Å²) in [6.45, 7) is 1.60.